The van der Waals surface area contributed by atoms with Gasteiger partial charge < -0.3 is 45.2 Å². The van der Waals surface area contributed by atoms with Crippen LogP contribution in [0.3, 0.4) is 0 Å². The van der Waals surface area contributed by atoms with Gasteiger partial charge in [0.15, 0.2) is 29.3 Å². The molecule has 7 rings (SSSR count). The van der Waals surface area contributed by atoms with Gasteiger partial charge in [-0.25, -0.2) is 0 Å². The second-order valence-electron chi connectivity index (χ2n) is 18.2. The summed E-state index contributed by atoms with van der Waals surface area (Å²) in [6.45, 7) is 15.4. The molecule has 5 unspecified atom stereocenters. The normalized spacial score (nSPS) is 16.2. The van der Waals surface area contributed by atoms with Gasteiger partial charge in [0.1, 0.15) is 17.6 Å². The van der Waals surface area contributed by atoms with Crippen LogP contribution in [0.5, 0.6) is 34.5 Å². The van der Waals surface area contributed by atoms with Crippen LogP contribution in [0.1, 0.15) is 97.7 Å². The average Bonchev–Trinajstić information content (AvgIpc) is 3.76. The minimum Gasteiger partial charge on any atom is -0.508 e. The summed E-state index contributed by atoms with van der Waals surface area (Å²) < 4.78 is 12.7. The number of phenolic OH excluding ortho intramolecular Hbond substituents is 5. The first-order valence-corrected chi connectivity index (χ1v) is 23.9. The first-order chi connectivity index (χ1) is 34.1. The molecule has 6 aromatic carbocycles. The van der Waals surface area contributed by atoms with Crippen molar-refractivity contribution in [3.8, 4) is 34.5 Å². The van der Waals surface area contributed by atoms with Crippen molar-refractivity contribution in [3.05, 3.63) is 211 Å². The van der Waals surface area contributed by atoms with Crippen LogP contribution in [0.2, 0.25) is 0 Å². The maximum atomic E-state index is 11.7. The Kier molecular flexibility index (Phi) is 16.8. The highest BCUT2D eigenvalue weighted by molar-refractivity contribution is 6.31. The van der Waals surface area contributed by atoms with E-state index in [0.717, 1.165) is 27.8 Å². The fraction of sp³-hybridized carbons (Fsp3) is 0.213. The zero-order valence-corrected chi connectivity index (χ0v) is 41.1. The molecule has 0 aliphatic carbocycles. The smallest absolute Gasteiger partial charge is 0.174 e. The maximum absolute atomic E-state index is 11.7. The van der Waals surface area contributed by atoms with Crippen LogP contribution in [0, 0.1) is 26.7 Å². The SMILES string of the molecule is C=C/C(Cl)=C(\CC(C)Cc1ccc(C=C)cc1)C1c2c(/C=C/c3c(/C=C/C(O)OC(CO)Cc4ccc(C)cc4)ccc(O)c3C)ccc(O)c2OC1c1ccc(O)c(O)c1/C=C/c1ccc(C)c(O)c1. The molecule has 1 aliphatic heterocycles. The third-order valence-corrected chi connectivity index (χ3v) is 13.4. The minimum atomic E-state index is -1.35. The fourth-order valence-electron chi connectivity index (χ4n) is 9.08. The molecule has 71 heavy (non-hydrogen) atoms. The Balaban J connectivity index is 1.31. The molecule has 5 atom stereocenters. The number of phenols is 5. The number of ether oxygens (including phenoxy) is 2. The van der Waals surface area contributed by atoms with Crippen molar-refractivity contribution < 1.29 is 45.2 Å². The Morgan fingerprint density at radius 1 is 0.704 bits per heavy atom. The van der Waals surface area contributed by atoms with Gasteiger partial charge in [-0.05, 0) is 126 Å². The maximum Gasteiger partial charge on any atom is 0.174 e. The number of hydrogen-bond donors (Lipinski definition) is 7. The van der Waals surface area contributed by atoms with E-state index >= 15 is 0 Å². The quantitative estimate of drug-likeness (QED) is 0.0181. The van der Waals surface area contributed by atoms with E-state index in [1.165, 1.54) is 12.1 Å². The number of fused-ring (bicyclic) bond motifs is 1. The van der Waals surface area contributed by atoms with Crippen LogP contribution in [-0.4, -0.2) is 54.7 Å². The highest BCUT2D eigenvalue weighted by Crippen LogP contribution is 2.58. The molecule has 9 nitrogen and oxygen atoms in total. The van der Waals surface area contributed by atoms with E-state index < -0.39 is 24.4 Å². The van der Waals surface area contributed by atoms with E-state index in [0.29, 0.717) is 68.8 Å². The van der Waals surface area contributed by atoms with Crippen LogP contribution < -0.4 is 4.74 Å². The number of aliphatic hydroxyl groups excluding tert-OH is 2. The molecule has 0 fully saturated rings. The van der Waals surface area contributed by atoms with Crippen molar-refractivity contribution in [3.63, 3.8) is 0 Å². The molecule has 1 heterocycles. The number of aryl methyl sites for hydroxylation is 2. The van der Waals surface area contributed by atoms with Gasteiger partial charge in [0.2, 0.25) is 0 Å². The van der Waals surface area contributed by atoms with Gasteiger partial charge >= 0.3 is 0 Å². The van der Waals surface area contributed by atoms with Crippen LogP contribution in [-0.2, 0) is 17.6 Å². The molecule has 7 N–H and O–H groups in total. The number of benzene rings is 6. The lowest BCUT2D eigenvalue weighted by atomic mass is 9.77. The number of aromatic hydroxyl groups is 5. The zero-order chi connectivity index (χ0) is 50.9. The first kappa shape index (κ1) is 51.6. The summed E-state index contributed by atoms with van der Waals surface area (Å²) in [4.78, 5) is 0. The lowest BCUT2D eigenvalue weighted by Crippen LogP contribution is -2.26. The third kappa shape index (κ3) is 12.2. The molecule has 0 bridgehead atoms. The lowest BCUT2D eigenvalue weighted by Gasteiger charge is -2.27. The number of halogens is 1. The zero-order valence-electron chi connectivity index (χ0n) is 40.4. The van der Waals surface area contributed by atoms with Crippen LogP contribution in [0.25, 0.3) is 36.5 Å². The summed E-state index contributed by atoms with van der Waals surface area (Å²) in [7, 11) is 0. The Hall–Kier alpha value is -7.27. The standard InChI is InChI=1S/C61H61ClO9/c1-7-40-15-17-41(18-16-40)31-37(4)32-50(51(62)8-2)58-57-45(20-25-47-39(6)52(64)27-21-44(47)23-30-56(68)70-46(35-63)33-42-12-9-36(3)10-13-42)22-28-54(66)61(57)71-60(58)49-26-29-53(65)59(69)48(49)24-19-43-14-11-38(5)55(67)34-43/h7-30,34,37,46,56,58,60,63-69H,1-2,31-33,35H2,3-6H3/b24-19+,25-20+,30-23+,51-50-. The molecule has 10 heteroatoms. The Morgan fingerprint density at radius 2 is 1.35 bits per heavy atom. The summed E-state index contributed by atoms with van der Waals surface area (Å²) >= 11 is 7.26. The summed E-state index contributed by atoms with van der Waals surface area (Å²) in [6, 6.07) is 31.0. The van der Waals surface area contributed by atoms with Gasteiger partial charge in [0, 0.05) is 28.1 Å². The summed E-state index contributed by atoms with van der Waals surface area (Å²) in [5.74, 6) is -1.16. The van der Waals surface area contributed by atoms with Crippen LogP contribution in [0.4, 0.5) is 0 Å². The van der Waals surface area contributed by atoms with E-state index in [-0.39, 0.29) is 52.6 Å². The largest absolute Gasteiger partial charge is 0.508 e. The highest BCUT2D eigenvalue weighted by atomic mass is 35.5. The van der Waals surface area contributed by atoms with E-state index in [2.05, 4.69) is 32.2 Å². The molecule has 6 aromatic rings. The van der Waals surface area contributed by atoms with E-state index in [1.807, 2.05) is 61.5 Å². The summed E-state index contributed by atoms with van der Waals surface area (Å²) in [5.41, 5.74) is 10.2. The van der Waals surface area contributed by atoms with Crippen molar-refractivity contribution >= 4 is 48.1 Å². The lowest BCUT2D eigenvalue weighted by molar-refractivity contribution is -0.117. The fourth-order valence-corrected chi connectivity index (χ4v) is 9.27. The van der Waals surface area contributed by atoms with Crippen LogP contribution in [0.15, 0.2) is 139 Å². The molecule has 0 amide bonds. The molecule has 366 valence electrons. The van der Waals surface area contributed by atoms with Crippen molar-refractivity contribution in [2.75, 3.05) is 6.61 Å². The Morgan fingerprint density at radius 3 is 2.04 bits per heavy atom. The third-order valence-electron chi connectivity index (χ3n) is 13.0. The molecule has 0 saturated heterocycles. The van der Waals surface area contributed by atoms with Gasteiger partial charge in [-0.1, -0.05) is 159 Å². The molecular weight excluding hydrogens is 912 g/mol. The number of rotatable bonds is 19. The van der Waals surface area contributed by atoms with Crippen molar-refractivity contribution in [1.29, 1.82) is 0 Å². The number of allylic oxidation sites excluding steroid dienone is 2. The molecule has 0 radical (unpaired) electrons. The second kappa shape index (κ2) is 23.1. The molecule has 0 aromatic heterocycles. The molecule has 0 saturated carbocycles. The number of hydrogen-bond acceptors (Lipinski definition) is 9. The van der Waals surface area contributed by atoms with E-state index in [4.69, 9.17) is 21.1 Å². The predicted octanol–water partition coefficient (Wildman–Crippen LogP) is 13.2. The van der Waals surface area contributed by atoms with Gasteiger partial charge in [0.25, 0.3) is 0 Å². The van der Waals surface area contributed by atoms with E-state index in [1.54, 1.807) is 86.7 Å². The van der Waals surface area contributed by atoms with Crippen molar-refractivity contribution in [1.82, 2.24) is 0 Å². The van der Waals surface area contributed by atoms with Crippen LogP contribution >= 0.6 is 11.6 Å². The number of aliphatic hydroxyl groups is 2. The average molecular weight is 974 g/mol. The first-order valence-electron chi connectivity index (χ1n) is 23.5. The Bertz CT molecular complexity index is 3020. The summed E-state index contributed by atoms with van der Waals surface area (Å²) in [5, 5.41) is 77.1. The Labute approximate surface area is 421 Å². The molecule has 1 aliphatic rings. The van der Waals surface area contributed by atoms with Crippen molar-refractivity contribution in [2.45, 2.75) is 71.4 Å². The summed E-state index contributed by atoms with van der Waals surface area (Å²) in [6.07, 6.45) is 12.3. The molecular formula is C61H61ClO9. The van der Waals surface area contributed by atoms with Gasteiger partial charge in [0.05, 0.1) is 18.6 Å². The minimum absolute atomic E-state index is 0.0370. The highest BCUT2D eigenvalue weighted by Gasteiger charge is 2.43. The van der Waals surface area contributed by atoms with E-state index in [9.17, 15) is 35.7 Å². The van der Waals surface area contributed by atoms with Crippen molar-refractivity contribution in [2.24, 2.45) is 5.92 Å². The monoisotopic (exact) mass is 972 g/mol. The molecule has 0 spiro atoms. The second-order valence-corrected chi connectivity index (χ2v) is 18.6. The van der Waals surface area contributed by atoms with Gasteiger partial charge in [-0.15, -0.1) is 0 Å². The topological polar surface area (TPSA) is 160 Å². The predicted molar refractivity (Wildman–Crippen MR) is 287 cm³/mol. The van der Waals surface area contributed by atoms with Gasteiger partial charge in [-0.2, -0.15) is 0 Å². The van der Waals surface area contributed by atoms with Gasteiger partial charge in [-0.3, -0.25) is 0 Å².